The van der Waals surface area contributed by atoms with E-state index in [1.165, 1.54) is 6.26 Å². The molecule has 5 rings (SSSR count). The fourth-order valence-electron chi connectivity index (χ4n) is 4.14. The van der Waals surface area contributed by atoms with Gasteiger partial charge in [-0.05, 0) is 37.5 Å². The van der Waals surface area contributed by atoms with Crippen molar-refractivity contribution < 1.29 is 4.42 Å². The van der Waals surface area contributed by atoms with E-state index >= 15 is 0 Å². The lowest BCUT2D eigenvalue weighted by atomic mass is 10.0. The van der Waals surface area contributed by atoms with Crippen LogP contribution in [0.3, 0.4) is 0 Å². The summed E-state index contributed by atoms with van der Waals surface area (Å²) in [4.78, 5) is 39.9. The zero-order valence-electron chi connectivity index (χ0n) is 16.4. The number of H-pyrrole nitrogens is 1. The van der Waals surface area contributed by atoms with Gasteiger partial charge in [-0.2, -0.15) is 0 Å². The molecule has 2 aliphatic heterocycles. The van der Waals surface area contributed by atoms with E-state index < -0.39 is 0 Å². The molecule has 7 nitrogen and oxygen atoms in total. The van der Waals surface area contributed by atoms with Crippen LogP contribution in [0.2, 0.25) is 0 Å². The average molecular weight is 469 g/mol. The van der Waals surface area contributed by atoms with E-state index in [2.05, 4.69) is 30.8 Å². The van der Waals surface area contributed by atoms with Crippen molar-refractivity contribution in [2.24, 2.45) is 4.99 Å². The minimum Gasteiger partial charge on any atom is -0.464 e. The van der Waals surface area contributed by atoms with Crippen molar-refractivity contribution >= 4 is 32.6 Å². The van der Waals surface area contributed by atoms with Gasteiger partial charge in [-0.1, -0.05) is 15.9 Å². The summed E-state index contributed by atoms with van der Waals surface area (Å²) >= 11 is 3.41. The van der Waals surface area contributed by atoms with Crippen LogP contribution >= 0.6 is 15.9 Å². The van der Waals surface area contributed by atoms with Crippen LogP contribution in [-0.2, 0) is 19.5 Å². The largest absolute Gasteiger partial charge is 0.464 e. The van der Waals surface area contributed by atoms with Crippen molar-refractivity contribution in [3.8, 4) is 0 Å². The molecule has 8 heteroatoms. The smallest absolute Gasteiger partial charge is 0.255 e. The van der Waals surface area contributed by atoms with Crippen LogP contribution in [0.5, 0.6) is 0 Å². The SMILES string of the molecule is O=c1[nH]c(C2=NCCCC2)nc2c1CN(Cc1coc3ccc(Br)cc3c1=O)CC2. The van der Waals surface area contributed by atoms with Gasteiger partial charge >= 0.3 is 0 Å². The lowest BCUT2D eigenvalue weighted by Gasteiger charge is -2.27. The fourth-order valence-corrected chi connectivity index (χ4v) is 4.50. The van der Waals surface area contributed by atoms with Crippen molar-refractivity contribution in [3.05, 3.63) is 72.2 Å². The predicted octanol–water partition coefficient (Wildman–Crippen LogP) is 3.17. The predicted molar refractivity (Wildman–Crippen MR) is 118 cm³/mol. The quantitative estimate of drug-likeness (QED) is 0.637. The lowest BCUT2D eigenvalue weighted by molar-refractivity contribution is 0.239. The van der Waals surface area contributed by atoms with Gasteiger partial charge in [0.2, 0.25) is 0 Å². The molecule has 0 unspecified atom stereocenters. The van der Waals surface area contributed by atoms with E-state index in [1.807, 2.05) is 6.07 Å². The molecule has 4 heterocycles. The summed E-state index contributed by atoms with van der Waals surface area (Å²) in [6.07, 6.45) is 5.23. The highest BCUT2D eigenvalue weighted by Crippen LogP contribution is 2.20. The summed E-state index contributed by atoms with van der Waals surface area (Å²) in [5.74, 6) is 0.618. The Morgan fingerprint density at radius 1 is 1.20 bits per heavy atom. The maximum absolute atomic E-state index is 12.9. The maximum Gasteiger partial charge on any atom is 0.255 e. The van der Waals surface area contributed by atoms with Crippen LogP contribution < -0.4 is 11.0 Å². The molecule has 0 radical (unpaired) electrons. The van der Waals surface area contributed by atoms with Gasteiger partial charge in [-0.15, -0.1) is 0 Å². The summed E-state index contributed by atoms with van der Waals surface area (Å²) in [6, 6.07) is 5.40. The van der Waals surface area contributed by atoms with Gasteiger partial charge in [-0.3, -0.25) is 19.5 Å². The molecular formula is C22H21BrN4O3. The molecule has 0 aliphatic carbocycles. The first kappa shape index (κ1) is 19.4. The summed E-state index contributed by atoms with van der Waals surface area (Å²) in [5, 5.41) is 0.552. The van der Waals surface area contributed by atoms with Crippen molar-refractivity contribution in [1.29, 1.82) is 0 Å². The van der Waals surface area contributed by atoms with Gasteiger partial charge in [0.1, 0.15) is 5.58 Å². The number of aromatic amines is 1. The number of aliphatic imine (C=N–C) groups is 1. The second-order valence-electron chi connectivity index (χ2n) is 7.82. The van der Waals surface area contributed by atoms with E-state index in [4.69, 9.17) is 9.40 Å². The number of fused-ring (bicyclic) bond motifs is 2. The zero-order chi connectivity index (χ0) is 20.7. The van der Waals surface area contributed by atoms with E-state index in [-0.39, 0.29) is 11.0 Å². The number of nitrogens with zero attached hydrogens (tertiary/aromatic N) is 3. The van der Waals surface area contributed by atoms with E-state index in [1.54, 1.807) is 12.1 Å². The van der Waals surface area contributed by atoms with Crippen LogP contribution in [0.15, 0.2) is 47.9 Å². The zero-order valence-corrected chi connectivity index (χ0v) is 18.0. The Morgan fingerprint density at radius 3 is 2.93 bits per heavy atom. The molecule has 154 valence electrons. The van der Waals surface area contributed by atoms with Crippen LogP contribution in [0.4, 0.5) is 0 Å². The van der Waals surface area contributed by atoms with Crippen molar-refractivity contribution in [2.45, 2.75) is 38.8 Å². The minimum absolute atomic E-state index is 0.0407. The molecule has 1 N–H and O–H groups in total. The van der Waals surface area contributed by atoms with Gasteiger partial charge in [0.15, 0.2) is 11.3 Å². The molecule has 0 saturated carbocycles. The molecule has 0 bridgehead atoms. The third kappa shape index (κ3) is 3.65. The number of benzene rings is 1. The molecule has 0 atom stereocenters. The number of hydrogen-bond acceptors (Lipinski definition) is 6. The number of nitrogens with one attached hydrogen (secondary N) is 1. The summed E-state index contributed by atoms with van der Waals surface area (Å²) in [6.45, 7) is 2.42. The number of rotatable bonds is 3. The Morgan fingerprint density at radius 2 is 2.10 bits per heavy atom. The van der Waals surface area contributed by atoms with Gasteiger partial charge in [0, 0.05) is 42.6 Å². The molecule has 0 spiro atoms. The summed E-state index contributed by atoms with van der Waals surface area (Å²) in [7, 11) is 0. The number of halogens is 1. The van der Waals surface area contributed by atoms with Crippen LogP contribution in [-0.4, -0.2) is 33.7 Å². The molecule has 0 fully saturated rings. The Kier molecular flexibility index (Phi) is 5.12. The van der Waals surface area contributed by atoms with E-state index in [0.717, 1.165) is 48.2 Å². The van der Waals surface area contributed by atoms with E-state index in [9.17, 15) is 9.59 Å². The Labute approximate surface area is 181 Å². The van der Waals surface area contributed by atoms with Gasteiger partial charge in [0.05, 0.1) is 28.6 Å². The number of aromatic nitrogens is 2. The topological polar surface area (TPSA) is 91.6 Å². The first-order valence-corrected chi connectivity index (χ1v) is 11.0. The normalized spacial score (nSPS) is 17.0. The minimum atomic E-state index is -0.109. The van der Waals surface area contributed by atoms with Gasteiger partial charge < -0.3 is 9.40 Å². The summed E-state index contributed by atoms with van der Waals surface area (Å²) < 4.78 is 6.49. The highest BCUT2D eigenvalue weighted by molar-refractivity contribution is 9.10. The fraction of sp³-hybridized carbons (Fsp3) is 0.364. The Balaban J connectivity index is 1.41. The molecule has 2 aromatic heterocycles. The third-order valence-corrected chi connectivity index (χ3v) is 6.24. The highest BCUT2D eigenvalue weighted by atomic mass is 79.9. The molecule has 0 amide bonds. The molecule has 3 aromatic rings. The molecule has 1 aromatic carbocycles. The molecular weight excluding hydrogens is 448 g/mol. The van der Waals surface area contributed by atoms with Crippen LogP contribution in [0.1, 0.15) is 41.9 Å². The lowest BCUT2D eigenvalue weighted by Crippen LogP contribution is -2.37. The highest BCUT2D eigenvalue weighted by Gasteiger charge is 2.23. The van der Waals surface area contributed by atoms with Crippen LogP contribution in [0, 0.1) is 0 Å². The van der Waals surface area contributed by atoms with Gasteiger partial charge in [-0.25, -0.2) is 4.98 Å². The standard InChI is InChI=1S/C22H21BrN4O3/c23-14-4-5-19-15(9-14)20(28)13(12-30-19)10-27-8-6-17-16(11-27)22(29)26-21(25-17)18-3-1-2-7-24-18/h4-5,9,12H,1-3,6-8,10-11H2,(H,25,26,29). The third-order valence-electron chi connectivity index (χ3n) is 5.75. The molecule has 30 heavy (non-hydrogen) atoms. The Hall–Kier alpha value is -2.58. The second kappa shape index (κ2) is 7.92. The Bertz CT molecular complexity index is 1280. The molecule has 0 saturated heterocycles. The van der Waals surface area contributed by atoms with E-state index in [0.29, 0.717) is 47.4 Å². The second-order valence-corrected chi connectivity index (χ2v) is 8.73. The van der Waals surface area contributed by atoms with Crippen LogP contribution in [0.25, 0.3) is 11.0 Å². The number of hydrogen-bond donors (Lipinski definition) is 1. The van der Waals surface area contributed by atoms with Gasteiger partial charge in [0.25, 0.3) is 5.56 Å². The van der Waals surface area contributed by atoms with Crippen molar-refractivity contribution in [3.63, 3.8) is 0 Å². The first-order chi connectivity index (χ1) is 14.6. The monoisotopic (exact) mass is 468 g/mol. The van der Waals surface area contributed by atoms with Crippen molar-refractivity contribution in [1.82, 2.24) is 14.9 Å². The average Bonchev–Trinajstić information content (AvgIpc) is 2.77. The van der Waals surface area contributed by atoms with Crippen molar-refractivity contribution in [2.75, 3.05) is 13.1 Å². The summed E-state index contributed by atoms with van der Waals surface area (Å²) in [5.41, 5.74) is 3.42. The molecule has 2 aliphatic rings. The maximum atomic E-state index is 12.9. The first-order valence-electron chi connectivity index (χ1n) is 10.2.